The van der Waals surface area contributed by atoms with Crippen molar-refractivity contribution in [3.63, 3.8) is 0 Å². The van der Waals surface area contributed by atoms with E-state index in [0.717, 1.165) is 51.6 Å². The maximum atomic E-state index is 12.7. The number of hydrogen-bond donors (Lipinski definition) is 0. The highest BCUT2D eigenvalue weighted by atomic mass is 16.6. The van der Waals surface area contributed by atoms with E-state index in [4.69, 9.17) is 14.2 Å². The van der Waals surface area contributed by atoms with Gasteiger partial charge < -0.3 is 24.0 Å². The molecule has 0 bridgehead atoms. The van der Waals surface area contributed by atoms with Gasteiger partial charge in [0.25, 0.3) is 0 Å². The molecule has 1 unspecified atom stereocenters. The van der Waals surface area contributed by atoms with E-state index in [1.807, 2.05) is 7.05 Å². The number of likely N-dealkylation sites (tertiary alicyclic amines) is 1. The van der Waals surface area contributed by atoms with Gasteiger partial charge in [0.15, 0.2) is 6.10 Å². The summed E-state index contributed by atoms with van der Waals surface area (Å²) in [6.07, 6.45) is 37.7. The first kappa shape index (κ1) is 49.2. The molecular formula is C45H86N2O6. The summed E-state index contributed by atoms with van der Waals surface area (Å²) in [6, 6.07) is 0.117. The van der Waals surface area contributed by atoms with Crippen molar-refractivity contribution in [2.45, 2.75) is 231 Å². The van der Waals surface area contributed by atoms with Crippen LogP contribution in [-0.4, -0.2) is 80.4 Å². The largest absolute Gasteiger partial charge is 0.462 e. The van der Waals surface area contributed by atoms with Gasteiger partial charge in [-0.15, -0.1) is 0 Å². The highest BCUT2D eigenvalue weighted by Gasteiger charge is 2.31. The van der Waals surface area contributed by atoms with Crippen molar-refractivity contribution in [2.75, 3.05) is 40.4 Å². The van der Waals surface area contributed by atoms with Crippen molar-refractivity contribution >= 4 is 18.0 Å². The Morgan fingerprint density at radius 2 is 0.830 bits per heavy atom. The molecule has 0 N–H and O–H groups in total. The molecule has 8 heteroatoms. The highest BCUT2D eigenvalue weighted by molar-refractivity contribution is 5.70. The third-order valence-corrected chi connectivity index (χ3v) is 11.0. The van der Waals surface area contributed by atoms with E-state index >= 15 is 0 Å². The second kappa shape index (κ2) is 35.8. The molecule has 1 saturated heterocycles. The molecule has 1 atom stereocenters. The van der Waals surface area contributed by atoms with Gasteiger partial charge in [0.05, 0.1) is 6.04 Å². The van der Waals surface area contributed by atoms with E-state index in [1.54, 1.807) is 11.9 Å². The standard InChI is InChI=1S/C45H86N2O6/c1-5-7-9-11-13-15-17-19-21-23-25-27-29-31-33-35-43(48)51-39-42(40-52-45(50)47(4)41-37-46(3)38-41)53-44(49)36-34-32-30-28-26-24-22-20-18-16-14-12-10-8-6-2/h41-42H,5-40H2,1-4H3. The summed E-state index contributed by atoms with van der Waals surface area (Å²) >= 11 is 0. The van der Waals surface area contributed by atoms with Crippen molar-refractivity contribution in [3.05, 3.63) is 0 Å². The topological polar surface area (TPSA) is 85.4 Å². The molecule has 0 aromatic carbocycles. The number of hydrogen-bond acceptors (Lipinski definition) is 7. The number of esters is 2. The van der Waals surface area contributed by atoms with E-state index in [2.05, 4.69) is 18.7 Å². The Balaban J connectivity index is 2.20. The molecule has 1 fully saturated rings. The summed E-state index contributed by atoms with van der Waals surface area (Å²) < 4.78 is 16.7. The third kappa shape index (κ3) is 30.1. The summed E-state index contributed by atoms with van der Waals surface area (Å²) in [7, 11) is 3.74. The quantitative estimate of drug-likeness (QED) is 0.0353. The van der Waals surface area contributed by atoms with Gasteiger partial charge in [-0.3, -0.25) is 9.59 Å². The van der Waals surface area contributed by atoms with Gasteiger partial charge in [-0.25, -0.2) is 4.79 Å². The van der Waals surface area contributed by atoms with Crippen LogP contribution in [0.1, 0.15) is 219 Å². The average molecular weight is 751 g/mol. The highest BCUT2D eigenvalue weighted by Crippen LogP contribution is 2.17. The molecule has 0 aliphatic carbocycles. The predicted octanol–water partition coefficient (Wildman–Crippen LogP) is 12.3. The lowest BCUT2D eigenvalue weighted by molar-refractivity contribution is -0.161. The minimum absolute atomic E-state index is 0.0919. The third-order valence-electron chi connectivity index (χ3n) is 11.0. The number of rotatable bonds is 38. The smallest absolute Gasteiger partial charge is 0.409 e. The van der Waals surface area contributed by atoms with Gasteiger partial charge in [-0.1, -0.05) is 194 Å². The Kier molecular flexibility index (Phi) is 33.3. The number of carbonyl (C=O) groups is 3. The Hall–Kier alpha value is -1.83. The summed E-state index contributed by atoms with van der Waals surface area (Å²) in [5, 5.41) is 0. The van der Waals surface area contributed by atoms with Crippen LogP contribution in [0.15, 0.2) is 0 Å². The second-order valence-electron chi connectivity index (χ2n) is 16.3. The van der Waals surface area contributed by atoms with Gasteiger partial charge >= 0.3 is 18.0 Å². The fraction of sp³-hybridized carbons (Fsp3) is 0.933. The molecule has 8 nitrogen and oxygen atoms in total. The lowest BCUT2D eigenvalue weighted by Gasteiger charge is -2.41. The van der Waals surface area contributed by atoms with E-state index in [-0.39, 0.29) is 31.2 Å². The van der Waals surface area contributed by atoms with Crippen LogP contribution in [0.3, 0.4) is 0 Å². The predicted molar refractivity (Wildman–Crippen MR) is 220 cm³/mol. The van der Waals surface area contributed by atoms with Crippen molar-refractivity contribution in [1.82, 2.24) is 9.80 Å². The molecule has 0 aromatic rings. The van der Waals surface area contributed by atoms with Crippen LogP contribution < -0.4 is 0 Å². The normalized spacial score (nSPS) is 13.8. The summed E-state index contributed by atoms with van der Waals surface area (Å²) in [6.45, 7) is 5.94. The summed E-state index contributed by atoms with van der Waals surface area (Å²) in [5.41, 5.74) is 0. The first-order valence-corrected chi connectivity index (χ1v) is 22.8. The van der Waals surface area contributed by atoms with Crippen molar-refractivity contribution in [2.24, 2.45) is 0 Å². The van der Waals surface area contributed by atoms with Crippen LogP contribution in [0.25, 0.3) is 0 Å². The number of unbranched alkanes of at least 4 members (excludes halogenated alkanes) is 28. The lowest BCUT2D eigenvalue weighted by Crippen LogP contribution is -2.58. The number of amides is 1. The molecule has 1 heterocycles. The van der Waals surface area contributed by atoms with Gasteiger partial charge in [0, 0.05) is 33.0 Å². The molecular weight excluding hydrogens is 665 g/mol. The van der Waals surface area contributed by atoms with Crippen LogP contribution in [0.2, 0.25) is 0 Å². The van der Waals surface area contributed by atoms with Crippen molar-refractivity contribution in [3.8, 4) is 0 Å². The van der Waals surface area contributed by atoms with Gasteiger partial charge in [0.2, 0.25) is 0 Å². The number of carbonyl (C=O) groups excluding carboxylic acids is 3. The van der Waals surface area contributed by atoms with Crippen molar-refractivity contribution in [1.29, 1.82) is 0 Å². The molecule has 0 spiro atoms. The van der Waals surface area contributed by atoms with Crippen LogP contribution in [0.4, 0.5) is 4.79 Å². The van der Waals surface area contributed by atoms with Crippen LogP contribution in [0.5, 0.6) is 0 Å². The number of likely N-dealkylation sites (N-methyl/N-ethyl adjacent to an activating group) is 2. The summed E-state index contributed by atoms with van der Waals surface area (Å²) in [4.78, 5) is 41.6. The van der Waals surface area contributed by atoms with Gasteiger partial charge in [0.1, 0.15) is 13.2 Å². The number of ether oxygens (including phenoxy) is 3. The maximum Gasteiger partial charge on any atom is 0.409 e. The minimum Gasteiger partial charge on any atom is -0.462 e. The minimum atomic E-state index is -0.801. The van der Waals surface area contributed by atoms with Crippen LogP contribution in [-0.2, 0) is 23.8 Å². The Bertz CT molecular complexity index is 864. The monoisotopic (exact) mass is 751 g/mol. The molecule has 1 rings (SSSR count). The van der Waals surface area contributed by atoms with E-state index < -0.39 is 12.2 Å². The zero-order valence-electron chi connectivity index (χ0n) is 35.5. The van der Waals surface area contributed by atoms with Crippen molar-refractivity contribution < 1.29 is 28.6 Å². The Morgan fingerprint density at radius 3 is 1.19 bits per heavy atom. The van der Waals surface area contributed by atoms with Crippen LogP contribution >= 0.6 is 0 Å². The molecule has 53 heavy (non-hydrogen) atoms. The number of nitrogens with zero attached hydrogens (tertiary/aromatic N) is 2. The van der Waals surface area contributed by atoms with E-state index in [1.165, 1.54) is 154 Å². The van der Waals surface area contributed by atoms with Gasteiger partial charge in [-0.05, 0) is 19.9 Å². The molecule has 1 amide bonds. The first-order chi connectivity index (χ1) is 25.9. The molecule has 0 radical (unpaired) electrons. The zero-order chi connectivity index (χ0) is 38.6. The zero-order valence-corrected chi connectivity index (χ0v) is 35.5. The Morgan fingerprint density at radius 1 is 0.509 bits per heavy atom. The fourth-order valence-electron chi connectivity index (χ4n) is 7.23. The first-order valence-electron chi connectivity index (χ1n) is 22.8. The molecule has 1 aliphatic heterocycles. The lowest BCUT2D eigenvalue weighted by atomic mass is 10.0. The fourth-order valence-corrected chi connectivity index (χ4v) is 7.23. The van der Waals surface area contributed by atoms with Gasteiger partial charge in [-0.2, -0.15) is 0 Å². The van der Waals surface area contributed by atoms with E-state index in [0.29, 0.717) is 12.8 Å². The molecule has 0 aromatic heterocycles. The Labute approximate surface area is 327 Å². The maximum absolute atomic E-state index is 12.7. The average Bonchev–Trinajstić information content (AvgIpc) is 3.14. The van der Waals surface area contributed by atoms with E-state index in [9.17, 15) is 14.4 Å². The molecule has 0 saturated carbocycles. The molecule has 312 valence electrons. The second-order valence-corrected chi connectivity index (χ2v) is 16.3. The van der Waals surface area contributed by atoms with Crippen LogP contribution in [0, 0.1) is 0 Å². The molecule has 1 aliphatic rings. The SMILES string of the molecule is CCCCCCCCCCCCCCCCCC(=O)OCC(COC(=O)N(C)C1CN(C)C1)OC(=O)CCCCCCCCCCCCCCCCC. The summed E-state index contributed by atoms with van der Waals surface area (Å²) in [5.74, 6) is -0.614.